The van der Waals surface area contributed by atoms with E-state index in [1.54, 1.807) is 36.5 Å². The van der Waals surface area contributed by atoms with Crippen LogP contribution in [0.5, 0.6) is 0 Å². The standard InChI is InChI=1S/C27H20O3S2/c1-3-30-27(29)22-13-20(23-14-31-25-10-6-4-8-17(23)25)19(16(2)28)12-21(22)24-15-32-26-11-7-5-9-18(24)26/h4-15H,3H2,1-2H3. The van der Waals surface area contributed by atoms with Gasteiger partial charge in [0.1, 0.15) is 0 Å². The van der Waals surface area contributed by atoms with E-state index in [9.17, 15) is 9.59 Å². The molecule has 0 fully saturated rings. The molecule has 0 aliphatic heterocycles. The van der Waals surface area contributed by atoms with Crippen LogP contribution in [-0.2, 0) is 4.74 Å². The molecule has 0 saturated carbocycles. The van der Waals surface area contributed by atoms with Crippen LogP contribution in [0.2, 0.25) is 0 Å². The van der Waals surface area contributed by atoms with Gasteiger partial charge in [0.05, 0.1) is 12.2 Å². The van der Waals surface area contributed by atoms with Gasteiger partial charge in [-0.25, -0.2) is 4.79 Å². The van der Waals surface area contributed by atoms with Crippen molar-refractivity contribution in [3.05, 3.63) is 82.6 Å². The molecule has 3 aromatic carbocycles. The van der Waals surface area contributed by atoms with Gasteiger partial charge in [0.15, 0.2) is 5.78 Å². The molecule has 3 nitrogen and oxygen atoms in total. The number of Topliss-reactive ketones (excluding diaryl/α,β-unsaturated/α-hetero) is 1. The van der Waals surface area contributed by atoms with Crippen molar-refractivity contribution in [3.8, 4) is 22.3 Å². The maximum Gasteiger partial charge on any atom is 0.338 e. The summed E-state index contributed by atoms with van der Waals surface area (Å²) in [4.78, 5) is 25.8. The molecule has 0 bridgehead atoms. The Hall–Kier alpha value is -3.28. The second-order valence-electron chi connectivity index (χ2n) is 7.51. The highest BCUT2D eigenvalue weighted by atomic mass is 32.1. The number of esters is 1. The van der Waals surface area contributed by atoms with Gasteiger partial charge in [-0.15, -0.1) is 22.7 Å². The zero-order chi connectivity index (χ0) is 22.2. The molecule has 0 spiro atoms. The lowest BCUT2D eigenvalue weighted by Crippen LogP contribution is -2.09. The highest BCUT2D eigenvalue weighted by molar-refractivity contribution is 7.18. The number of benzene rings is 3. The van der Waals surface area contributed by atoms with E-state index >= 15 is 0 Å². The first-order chi connectivity index (χ1) is 15.6. The third-order valence-corrected chi connectivity index (χ3v) is 7.50. The number of hydrogen-bond acceptors (Lipinski definition) is 5. The van der Waals surface area contributed by atoms with Gasteiger partial charge < -0.3 is 4.74 Å². The summed E-state index contributed by atoms with van der Waals surface area (Å²) in [6, 6.07) is 19.9. The Labute approximate surface area is 193 Å². The smallest absolute Gasteiger partial charge is 0.338 e. The highest BCUT2D eigenvalue weighted by Crippen LogP contribution is 2.41. The van der Waals surface area contributed by atoms with Crippen LogP contribution < -0.4 is 0 Å². The van der Waals surface area contributed by atoms with Crippen molar-refractivity contribution in [3.63, 3.8) is 0 Å². The molecule has 0 aliphatic carbocycles. The zero-order valence-corrected chi connectivity index (χ0v) is 19.3. The Morgan fingerprint density at radius 2 is 1.25 bits per heavy atom. The van der Waals surface area contributed by atoms with E-state index in [-0.39, 0.29) is 18.4 Å². The average molecular weight is 457 g/mol. The quantitative estimate of drug-likeness (QED) is 0.200. The van der Waals surface area contributed by atoms with Crippen molar-refractivity contribution in [2.75, 3.05) is 6.61 Å². The molecule has 0 N–H and O–H groups in total. The predicted octanol–water partition coefficient (Wildman–Crippen LogP) is 7.83. The maximum atomic E-state index is 13.1. The molecule has 5 aromatic rings. The van der Waals surface area contributed by atoms with Crippen LogP contribution in [0.4, 0.5) is 0 Å². The van der Waals surface area contributed by atoms with Crippen LogP contribution in [0.3, 0.4) is 0 Å². The number of fused-ring (bicyclic) bond motifs is 2. The van der Waals surface area contributed by atoms with Gasteiger partial charge in [-0.3, -0.25) is 4.79 Å². The SMILES string of the molecule is CCOC(=O)c1cc(-c2csc3ccccc23)c(C(C)=O)cc1-c1csc2ccccc12. The van der Waals surface area contributed by atoms with E-state index in [0.717, 1.165) is 42.4 Å². The van der Waals surface area contributed by atoms with Crippen LogP contribution in [0, 0.1) is 0 Å². The summed E-state index contributed by atoms with van der Waals surface area (Å²) in [6.07, 6.45) is 0. The van der Waals surface area contributed by atoms with Gasteiger partial charge in [-0.2, -0.15) is 0 Å². The van der Waals surface area contributed by atoms with Crippen LogP contribution in [0.25, 0.3) is 42.4 Å². The Kier molecular flexibility index (Phi) is 5.37. The fourth-order valence-corrected chi connectivity index (χ4v) is 6.01. The minimum atomic E-state index is -0.381. The van der Waals surface area contributed by atoms with Gasteiger partial charge >= 0.3 is 5.97 Å². The molecule has 0 radical (unpaired) electrons. The molecule has 158 valence electrons. The highest BCUT2D eigenvalue weighted by Gasteiger charge is 2.23. The van der Waals surface area contributed by atoms with Gasteiger partial charge in [-0.1, -0.05) is 36.4 Å². The predicted molar refractivity (Wildman–Crippen MR) is 134 cm³/mol. The summed E-state index contributed by atoms with van der Waals surface area (Å²) in [5.41, 5.74) is 4.48. The van der Waals surface area contributed by atoms with Crippen molar-refractivity contribution in [2.45, 2.75) is 13.8 Å². The number of carbonyl (C=O) groups excluding carboxylic acids is 2. The molecule has 0 atom stereocenters. The van der Waals surface area contributed by atoms with Gasteiger partial charge in [0.2, 0.25) is 0 Å². The van der Waals surface area contributed by atoms with E-state index in [1.807, 2.05) is 47.8 Å². The lowest BCUT2D eigenvalue weighted by molar-refractivity contribution is 0.0527. The van der Waals surface area contributed by atoms with E-state index in [0.29, 0.717) is 11.1 Å². The van der Waals surface area contributed by atoms with E-state index < -0.39 is 0 Å². The van der Waals surface area contributed by atoms with Gasteiger partial charge in [0.25, 0.3) is 0 Å². The normalized spacial score (nSPS) is 11.2. The first-order valence-electron chi connectivity index (χ1n) is 10.4. The van der Waals surface area contributed by atoms with Crippen molar-refractivity contribution in [2.24, 2.45) is 0 Å². The average Bonchev–Trinajstić information content (AvgIpc) is 3.43. The number of ketones is 1. The van der Waals surface area contributed by atoms with E-state index in [4.69, 9.17) is 4.74 Å². The number of rotatable bonds is 5. The van der Waals surface area contributed by atoms with Crippen molar-refractivity contribution < 1.29 is 14.3 Å². The third-order valence-electron chi connectivity index (χ3n) is 5.57. The fraction of sp³-hybridized carbons (Fsp3) is 0.111. The lowest BCUT2D eigenvalue weighted by atomic mass is 9.89. The molecular weight excluding hydrogens is 436 g/mol. The summed E-state index contributed by atoms with van der Waals surface area (Å²) in [6.45, 7) is 3.66. The summed E-state index contributed by atoms with van der Waals surface area (Å²) in [5.74, 6) is -0.417. The second-order valence-corrected chi connectivity index (χ2v) is 9.33. The molecular formula is C27H20O3S2. The van der Waals surface area contributed by atoms with Gasteiger partial charge in [0, 0.05) is 36.9 Å². The molecule has 0 amide bonds. The summed E-state index contributed by atoms with van der Waals surface area (Å²) in [7, 11) is 0. The molecule has 5 heteroatoms. The zero-order valence-electron chi connectivity index (χ0n) is 17.7. The number of carbonyl (C=O) groups is 2. The summed E-state index contributed by atoms with van der Waals surface area (Å²) >= 11 is 3.26. The molecule has 0 unspecified atom stereocenters. The largest absolute Gasteiger partial charge is 0.462 e. The topological polar surface area (TPSA) is 43.4 Å². The summed E-state index contributed by atoms with van der Waals surface area (Å²) < 4.78 is 7.70. The second kappa shape index (κ2) is 8.34. The Morgan fingerprint density at radius 1 is 0.750 bits per heavy atom. The van der Waals surface area contributed by atoms with Crippen molar-refractivity contribution in [1.82, 2.24) is 0 Å². The lowest BCUT2D eigenvalue weighted by Gasteiger charge is -2.15. The van der Waals surface area contributed by atoms with Crippen LogP contribution >= 0.6 is 22.7 Å². The molecule has 2 heterocycles. The van der Waals surface area contributed by atoms with Gasteiger partial charge in [-0.05, 0) is 60.0 Å². The first kappa shape index (κ1) is 20.6. The van der Waals surface area contributed by atoms with Crippen molar-refractivity contribution >= 4 is 54.6 Å². The Bertz CT molecular complexity index is 1490. The molecule has 0 aliphatic rings. The van der Waals surface area contributed by atoms with Crippen LogP contribution in [0.15, 0.2) is 71.4 Å². The molecule has 0 saturated heterocycles. The molecule has 2 aromatic heterocycles. The molecule has 5 rings (SSSR count). The minimum Gasteiger partial charge on any atom is -0.462 e. The van der Waals surface area contributed by atoms with Crippen LogP contribution in [0.1, 0.15) is 34.6 Å². The minimum absolute atomic E-state index is 0.0357. The van der Waals surface area contributed by atoms with E-state index in [2.05, 4.69) is 23.6 Å². The van der Waals surface area contributed by atoms with E-state index in [1.165, 1.54) is 0 Å². The monoisotopic (exact) mass is 456 g/mol. The Balaban J connectivity index is 1.82. The van der Waals surface area contributed by atoms with Crippen LogP contribution in [-0.4, -0.2) is 18.4 Å². The number of ether oxygens (including phenoxy) is 1. The fourth-order valence-electron chi connectivity index (χ4n) is 4.09. The maximum absolute atomic E-state index is 13.1. The number of hydrogen-bond donors (Lipinski definition) is 0. The third kappa shape index (κ3) is 3.44. The summed E-state index contributed by atoms with van der Waals surface area (Å²) in [5, 5.41) is 6.24. The Morgan fingerprint density at radius 3 is 1.78 bits per heavy atom. The molecule has 32 heavy (non-hydrogen) atoms. The first-order valence-corrected chi connectivity index (χ1v) is 12.1. The van der Waals surface area contributed by atoms with Crippen molar-refractivity contribution in [1.29, 1.82) is 0 Å². The number of thiophene rings is 2.